The van der Waals surface area contributed by atoms with Gasteiger partial charge in [0.2, 0.25) is 11.8 Å². The molecule has 0 aromatic heterocycles. The largest absolute Gasteiger partial charge is 0.337 e. The molecule has 1 aliphatic heterocycles. The van der Waals surface area contributed by atoms with Gasteiger partial charge in [0.15, 0.2) is 0 Å². The predicted molar refractivity (Wildman–Crippen MR) is 133 cm³/mol. The Bertz CT molecular complexity index is 959. The van der Waals surface area contributed by atoms with E-state index in [0.29, 0.717) is 36.0 Å². The highest BCUT2D eigenvalue weighted by Crippen LogP contribution is 2.30. The molecule has 0 bridgehead atoms. The highest BCUT2D eigenvalue weighted by molar-refractivity contribution is 6.34. The molecule has 33 heavy (non-hydrogen) atoms. The van der Waals surface area contributed by atoms with Gasteiger partial charge in [-0.1, -0.05) is 66.9 Å². The lowest BCUT2D eigenvalue weighted by molar-refractivity contribution is -0.140. The minimum atomic E-state index is -0.0365. The Morgan fingerprint density at radius 2 is 1.79 bits per heavy atom. The standard InChI is InChI=1S/C27H34ClN3O2/c1-20-18-30(16-17-31(20)27(33)22-10-5-6-11-22)19-23-12-7-13-24(26(23)28)29-25(32)15-14-21-8-3-2-4-9-21/h2-4,7-9,12-13,20,22H,5-6,10-11,14-19H2,1H3,(H,29,32). The number of nitrogens with one attached hydrogen (secondary N) is 1. The smallest absolute Gasteiger partial charge is 0.226 e. The van der Waals surface area contributed by atoms with Crippen LogP contribution in [0.15, 0.2) is 48.5 Å². The molecule has 176 valence electrons. The third-order valence-corrected chi connectivity index (χ3v) is 7.38. The lowest BCUT2D eigenvalue weighted by Crippen LogP contribution is -2.54. The third-order valence-electron chi connectivity index (χ3n) is 6.93. The SMILES string of the molecule is CC1CN(Cc2cccc(NC(=O)CCc3ccccc3)c2Cl)CCN1C(=O)C1CCCC1. The first kappa shape index (κ1) is 23.8. The van der Waals surface area contributed by atoms with Gasteiger partial charge in [-0.2, -0.15) is 0 Å². The molecule has 2 amide bonds. The summed E-state index contributed by atoms with van der Waals surface area (Å²) in [7, 11) is 0. The first-order chi connectivity index (χ1) is 16.0. The van der Waals surface area contributed by atoms with Crippen LogP contribution in [0.5, 0.6) is 0 Å². The molecule has 2 fully saturated rings. The summed E-state index contributed by atoms with van der Waals surface area (Å²) in [5, 5.41) is 3.58. The van der Waals surface area contributed by atoms with E-state index in [9.17, 15) is 9.59 Å². The van der Waals surface area contributed by atoms with Gasteiger partial charge in [0, 0.05) is 44.6 Å². The lowest BCUT2D eigenvalue weighted by atomic mass is 10.0. The fourth-order valence-corrected chi connectivity index (χ4v) is 5.30. The normalized spacial score (nSPS) is 19.6. The summed E-state index contributed by atoms with van der Waals surface area (Å²) >= 11 is 6.68. The molecule has 2 aromatic rings. The van der Waals surface area contributed by atoms with E-state index in [-0.39, 0.29) is 17.9 Å². The number of amides is 2. The fraction of sp³-hybridized carbons (Fsp3) is 0.481. The quantitative estimate of drug-likeness (QED) is 0.613. The van der Waals surface area contributed by atoms with Crippen LogP contribution in [0.3, 0.4) is 0 Å². The number of carbonyl (C=O) groups excluding carboxylic acids is 2. The van der Waals surface area contributed by atoms with Crippen molar-refractivity contribution in [2.45, 2.75) is 58.0 Å². The Labute approximate surface area is 202 Å². The van der Waals surface area contributed by atoms with Gasteiger partial charge in [0.25, 0.3) is 0 Å². The van der Waals surface area contributed by atoms with E-state index >= 15 is 0 Å². The van der Waals surface area contributed by atoms with Crippen molar-refractivity contribution in [1.82, 2.24) is 9.80 Å². The lowest BCUT2D eigenvalue weighted by Gasteiger charge is -2.41. The van der Waals surface area contributed by atoms with Crippen LogP contribution >= 0.6 is 11.6 Å². The van der Waals surface area contributed by atoms with Gasteiger partial charge in [-0.3, -0.25) is 14.5 Å². The summed E-state index contributed by atoms with van der Waals surface area (Å²) in [6, 6.07) is 16.0. The van der Waals surface area contributed by atoms with Gasteiger partial charge in [0.05, 0.1) is 10.7 Å². The van der Waals surface area contributed by atoms with Gasteiger partial charge in [-0.25, -0.2) is 0 Å². The average Bonchev–Trinajstić information content (AvgIpc) is 3.36. The predicted octanol–water partition coefficient (Wildman–Crippen LogP) is 5.13. The molecule has 0 spiro atoms. The average molecular weight is 468 g/mol. The van der Waals surface area contributed by atoms with Crippen LogP contribution in [0.2, 0.25) is 5.02 Å². The Hall–Kier alpha value is -2.37. The molecule has 1 heterocycles. The molecule has 1 atom stereocenters. The topological polar surface area (TPSA) is 52.7 Å². The monoisotopic (exact) mass is 467 g/mol. The second kappa shape index (κ2) is 11.2. The maximum Gasteiger partial charge on any atom is 0.226 e. The highest BCUT2D eigenvalue weighted by Gasteiger charge is 2.33. The first-order valence-electron chi connectivity index (χ1n) is 12.2. The number of aryl methyl sites for hydroxylation is 1. The second-order valence-corrected chi connectivity index (χ2v) is 9.79. The van der Waals surface area contributed by atoms with Gasteiger partial charge in [-0.15, -0.1) is 0 Å². The van der Waals surface area contributed by atoms with Crippen LogP contribution in [0, 0.1) is 5.92 Å². The summed E-state index contributed by atoms with van der Waals surface area (Å²) in [5.74, 6) is 0.541. The van der Waals surface area contributed by atoms with Crippen LogP contribution in [-0.2, 0) is 22.6 Å². The summed E-state index contributed by atoms with van der Waals surface area (Å²) in [5.41, 5.74) is 2.81. The molecule has 1 saturated carbocycles. The van der Waals surface area contributed by atoms with Crippen molar-refractivity contribution in [3.63, 3.8) is 0 Å². The third kappa shape index (κ3) is 6.15. The maximum atomic E-state index is 12.9. The van der Waals surface area contributed by atoms with E-state index < -0.39 is 0 Å². The number of rotatable bonds is 7. The number of hydrogen-bond donors (Lipinski definition) is 1. The van der Waals surface area contributed by atoms with Crippen LogP contribution in [0.4, 0.5) is 5.69 Å². The zero-order chi connectivity index (χ0) is 23.2. The van der Waals surface area contributed by atoms with Crippen molar-refractivity contribution in [2.24, 2.45) is 5.92 Å². The van der Waals surface area contributed by atoms with E-state index in [4.69, 9.17) is 11.6 Å². The molecule has 6 heteroatoms. The van der Waals surface area contributed by atoms with Gasteiger partial charge in [-0.05, 0) is 43.4 Å². The number of carbonyl (C=O) groups is 2. The van der Waals surface area contributed by atoms with Gasteiger partial charge < -0.3 is 10.2 Å². The summed E-state index contributed by atoms with van der Waals surface area (Å²) < 4.78 is 0. The Balaban J connectivity index is 1.31. The Kier molecular flexibility index (Phi) is 8.05. The van der Waals surface area contributed by atoms with Crippen LogP contribution in [-0.4, -0.2) is 47.3 Å². The fourth-order valence-electron chi connectivity index (χ4n) is 5.07. The summed E-state index contributed by atoms with van der Waals surface area (Å²) in [6.45, 7) is 5.30. The number of benzene rings is 2. The van der Waals surface area contributed by atoms with Gasteiger partial charge in [0.1, 0.15) is 0 Å². The molecule has 1 unspecified atom stereocenters. The molecule has 1 aliphatic carbocycles. The molecule has 4 rings (SSSR count). The number of halogens is 1. The number of nitrogens with zero attached hydrogens (tertiary/aromatic N) is 2. The molecule has 1 N–H and O–H groups in total. The summed E-state index contributed by atoms with van der Waals surface area (Å²) in [4.78, 5) is 29.8. The van der Waals surface area contributed by atoms with E-state index in [0.717, 1.165) is 43.6 Å². The zero-order valence-corrected chi connectivity index (χ0v) is 20.2. The van der Waals surface area contributed by atoms with Crippen LogP contribution in [0.1, 0.15) is 50.2 Å². The van der Waals surface area contributed by atoms with Gasteiger partial charge >= 0.3 is 0 Å². The van der Waals surface area contributed by atoms with Crippen molar-refractivity contribution >= 4 is 29.1 Å². The maximum absolute atomic E-state index is 12.9. The Morgan fingerprint density at radius 1 is 1.03 bits per heavy atom. The van der Waals surface area contributed by atoms with Crippen molar-refractivity contribution < 1.29 is 9.59 Å². The zero-order valence-electron chi connectivity index (χ0n) is 19.4. The Morgan fingerprint density at radius 3 is 2.52 bits per heavy atom. The van der Waals surface area contributed by atoms with E-state index in [2.05, 4.69) is 22.0 Å². The molecular weight excluding hydrogens is 434 g/mol. The number of piperazine rings is 1. The van der Waals surface area contributed by atoms with Crippen molar-refractivity contribution in [3.8, 4) is 0 Å². The number of hydrogen-bond acceptors (Lipinski definition) is 3. The molecule has 0 radical (unpaired) electrons. The molecular formula is C27H34ClN3O2. The van der Waals surface area contributed by atoms with Crippen molar-refractivity contribution in [3.05, 3.63) is 64.7 Å². The van der Waals surface area contributed by atoms with Crippen molar-refractivity contribution in [1.29, 1.82) is 0 Å². The highest BCUT2D eigenvalue weighted by atomic mass is 35.5. The molecule has 2 aromatic carbocycles. The van der Waals surface area contributed by atoms with Crippen LogP contribution in [0.25, 0.3) is 0 Å². The van der Waals surface area contributed by atoms with E-state index in [1.807, 2.05) is 48.5 Å². The molecule has 5 nitrogen and oxygen atoms in total. The second-order valence-electron chi connectivity index (χ2n) is 9.41. The summed E-state index contributed by atoms with van der Waals surface area (Å²) in [6.07, 6.45) is 5.58. The molecule has 2 aliphatic rings. The first-order valence-corrected chi connectivity index (χ1v) is 12.5. The van der Waals surface area contributed by atoms with Crippen LogP contribution < -0.4 is 5.32 Å². The van der Waals surface area contributed by atoms with E-state index in [1.54, 1.807) is 0 Å². The minimum Gasteiger partial charge on any atom is -0.337 e. The molecule has 1 saturated heterocycles. The number of anilines is 1. The van der Waals surface area contributed by atoms with Crippen molar-refractivity contribution in [2.75, 3.05) is 25.0 Å². The minimum absolute atomic E-state index is 0.0365. The van der Waals surface area contributed by atoms with E-state index in [1.165, 1.54) is 12.8 Å².